The van der Waals surface area contributed by atoms with Crippen LogP contribution in [0.1, 0.15) is 25.5 Å². The summed E-state index contributed by atoms with van der Waals surface area (Å²) in [6.45, 7) is 5.63. The second-order valence-corrected chi connectivity index (χ2v) is 6.06. The number of hydrogen-bond donors (Lipinski definition) is 3. The molecule has 1 atom stereocenters. The Hall–Kier alpha value is -2.28. The summed E-state index contributed by atoms with van der Waals surface area (Å²) in [5.41, 5.74) is 0.980. The van der Waals surface area contributed by atoms with Crippen LogP contribution < -0.4 is 25.4 Å². The molecule has 0 aliphatic carbocycles. The van der Waals surface area contributed by atoms with E-state index >= 15 is 0 Å². The summed E-state index contributed by atoms with van der Waals surface area (Å²) < 4.78 is 11.1. The minimum atomic E-state index is -0.123. The molecule has 0 spiro atoms. The highest BCUT2D eigenvalue weighted by atomic mass is 16.6. The van der Waals surface area contributed by atoms with Gasteiger partial charge in [0.25, 0.3) is 11.8 Å². The van der Waals surface area contributed by atoms with Gasteiger partial charge < -0.3 is 25.4 Å². The second-order valence-electron chi connectivity index (χ2n) is 6.06. The molecule has 0 unspecified atom stereocenters. The Bertz CT molecular complexity index is 589. The summed E-state index contributed by atoms with van der Waals surface area (Å²) in [7, 11) is 1.58. The molecule has 7 heteroatoms. The van der Waals surface area contributed by atoms with Gasteiger partial charge in [-0.25, -0.2) is 0 Å². The third kappa shape index (κ3) is 4.86. The molecule has 7 nitrogen and oxygen atoms in total. The quantitative estimate of drug-likeness (QED) is 0.630. The molecule has 4 N–H and O–H groups in total. The van der Waals surface area contributed by atoms with Crippen LogP contribution in [0.3, 0.4) is 0 Å². The molecular weight excluding hydrogens is 310 g/mol. The average molecular weight is 336 g/mol. The molecule has 132 valence electrons. The van der Waals surface area contributed by atoms with E-state index < -0.39 is 0 Å². The van der Waals surface area contributed by atoms with E-state index in [4.69, 9.17) is 9.47 Å². The molecule has 1 aliphatic rings. The second kappa shape index (κ2) is 8.54. The van der Waals surface area contributed by atoms with Crippen LogP contribution in [-0.4, -0.2) is 45.2 Å². The topological polar surface area (TPSA) is 93.3 Å². The zero-order valence-electron chi connectivity index (χ0n) is 14.4. The third-order valence-electron chi connectivity index (χ3n) is 3.85. The van der Waals surface area contributed by atoms with Crippen LogP contribution in [0.5, 0.6) is 11.5 Å². The number of quaternary nitrogens is 1. The van der Waals surface area contributed by atoms with Crippen molar-refractivity contribution in [1.82, 2.24) is 10.6 Å². The number of nitrogens with one attached hydrogen (secondary N) is 2. The number of likely N-dealkylation sites (N-methyl/N-ethyl adjacent to an activating group) is 1. The van der Waals surface area contributed by atoms with Crippen LogP contribution >= 0.6 is 0 Å². The summed E-state index contributed by atoms with van der Waals surface area (Å²) in [6.07, 6.45) is 0. The lowest BCUT2D eigenvalue weighted by molar-refractivity contribution is -0.633. The maximum absolute atomic E-state index is 12.2. The minimum absolute atomic E-state index is 0.102. The van der Waals surface area contributed by atoms with Crippen molar-refractivity contribution in [3.8, 4) is 11.5 Å². The van der Waals surface area contributed by atoms with Crippen molar-refractivity contribution < 1.29 is 24.4 Å². The van der Waals surface area contributed by atoms with Crippen molar-refractivity contribution in [3.05, 3.63) is 23.8 Å². The van der Waals surface area contributed by atoms with E-state index in [1.807, 2.05) is 18.2 Å². The number of hydrogen-bond acceptors (Lipinski definition) is 4. The number of carbonyl (C=O) groups is 2. The Morgan fingerprint density at radius 2 is 1.79 bits per heavy atom. The van der Waals surface area contributed by atoms with Crippen LogP contribution in [0.2, 0.25) is 0 Å². The zero-order valence-corrected chi connectivity index (χ0v) is 14.4. The summed E-state index contributed by atoms with van der Waals surface area (Å²) in [5.74, 6) is 1.46. The average Bonchev–Trinajstić information content (AvgIpc) is 2.58. The Balaban J connectivity index is 1.99. The smallest absolute Gasteiger partial charge is 0.275 e. The van der Waals surface area contributed by atoms with Crippen molar-refractivity contribution >= 4 is 11.8 Å². The molecule has 24 heavy (non-hydrogen) atoms. The van der Waals surface area contributed by atoms with Gasteiger partial charge in [0.2, 0.25) is 0 Å². The fraction of sp³-hybridized carbons (Fsp3) is 0.529. The van der Waals surface area contributed by atoms with Gasteiger partial charge in [0.1, 0.15) is 13.2 Å². The summed E-state index contributed by atoms with van der Waals surface area (Å²) in [4.78, 5) is 23.3. The Morgan fingerprint density at radius 1 is 1.12 bits per heavy atom. The largest absolute Gasteiger partial charge is 0.486 e. The van der Waals surface area contributed by atoms with E-state index in [2.05, 4.69) is 24.5 Å². The van der Waals surface area contributed by atoms with Crippen molar-refractivity contribution in [3.63, 3.8) is 0 Å². The van der Waals surface area contributed by atoms with Crippen LogP contribution in [0, 0.1) is 5.92 Å². The van der Waals surface area contributed by atoms with E-state index in [1.165, 1.54) is 0 Å². The Morgan fingerprint density at radius 3 is 2.46 bits per heavy atom. The molecule has 0 saturated carbocycles. The van der Waals surface area contributed by atoms with Crippen LogP contribution in [0.4, 0.5) is 0 Å². The van der Waals surface area contributed by atoms with Gasteiger partial charge in [-0.2, -0.15) is 0 Å². The number of carbonyl (C=O) groups excluding carboxylic acids is 2. The highest BCUT2D eigenvalue weighted by Crippen LogP contribution is 2.34. The summed E-state index contributed by atoms with van der Waals surface area (Å²) in [6, 6.07) is 5.63. The van der Waals surface area contributed by atoms with Crippen molar-refractivity contribution in [2.75, 3.05) is 33.4 Å². The highest BCUT2D eigenvalue weighted by molar-refractivity contribution is 5.78. The number of fused-ring (bicyclic) bond motifs is 1. The number of nitrogens with two attached hydrogens (primary N) is 1. The van der Waals surface area contributed by atoms with Crippen LogP contribution in [-0.2, 0) is 9.59 Å². The molecular formula is C17H26N3O4+. The van der Waals surface area contributed by atoms with Crippen molar-refractivity contribution in [2.24, 2.45) is 5.92 Å². The SMILES string of the molecule is CNC(=O)C[NH2+]CC(=O)N[C@@H](c1ccc2c(c1)OCCO2)C(C)C. The first kappa shape index (κ1) is 18.1. The van der Waals surface area contributed by atoms with Gasteiger partial charge >= 0.3 is 0 Å². The van der Waals surface area contributed by atoms with Crippen molar-refractivity contribution in [2.45, 2.75) is 19.9 Å². The third-order valence-corrected chi connectivity index (χ3v) is 3.85. The molecule has 1 aliphatic heterocycles. The standard InChI is InChI=1S/C17H25N3O4/c1-11(2)17(20-16(22)10-19-9-15(21)18-3)12-4-5-13-14(8-12)24-7-6-23-13/h4-5,8,11,17,19H,6-7,9-10H2,1-3H3,(H,18,21)(H,20,22)/p+1/t17-/m1/s1. The predicted octanol–water partition coefficient (Wildman–Crippen LogP) is -0.419. The molecule has 2 amide bonds. The molecule has 1 heterocycles. The van der Waals surface area contributed by atoms with E-state index in [0.717, 1.165) is 11.3 Å². The minimum Gasteiger partial charge on any atom is -0.486 e. The maximum Gasteiger partial charge on any atom is 0.275 e. The molecule has 0 bridgehead atoms. The first-order valence-corrected chi connectivity index (χ1v) is 8.22. The van der Waals surface area contributed by atoms with Gasteiger partial charge in [-0.05, 0) is 23.6 Å². The molecule has 2 rings (SSSR count). The molecule has 0 aromatic heterocycles. The fourth-order valence-corrected chi connectivity index (χ4v) is 2.56. The summed E-state index contributed by atoms with van der Waals surface area (Å²) >= 11 is 0. The lowest BCUT2D eigenvalue weighted by Gasteiger charge is -2.25. The molecule has 1 aromatic carbocycles. The first-order chi connectivity index (χ1) is 11.5. The van der Waals surface area contributed by atoms with Gasteiger partial charge in [-0.1, -0.05) is 19.9 Å². The van der Waals surface area contributed by atoms with Crippen molar-refractivity contribution in [1.29, 1.82) is 0 Å². The number of rotatable bonds is 7. The lowest BCUT2D eigenvalue weighted by Crippen LogP contribution is -2.88. The molecule has 1 aromatic rings. The van der Waals surface area contributed by atoms with Gasteiger partial charge in [0, 0.05) is 7.05 Å². The number of amides is 2. The number of ether oxygens (including phenoxy) is 2. The Kier molecular flexibility index (Phi) is 6.43. The molecule has 0 saturated heterocycles. The Labute approximate surface area is 142 Å². The zero-order chi connectivity index (χ0) is 17.5. The van der Waals surface area contributed by atoms with Gasteiger partial charge in [0.05, 0.1) is 6.04 Å². The van der Waals surface area contributed by atoms with Gasteiger partial charge in [-0.15, -0.1) is 0 Å². The lowest BCUT2D eigenvalue weighted by atomic mass is 9.95. The van der Waals surface area contributed by atoms with E-state index in [1.54, 1.807) is 12.4 Å². The molecule has 0 radical (unpaired) electrons. The maximum atomic E-state index is 12.2. The van der Waals surface area contributed by atoms with Gasteiger partial charge in [0.15, 0.2) is 24.6 Å². The fourth-order valence-electron chi connectivity index (χ4n) is 2.56. The predicted molar refractivity (Wildman–Crippen MR) is 88.9 cm³/mol. The summed E-state index contributed by atoms with van der Waals surface area (Å²) in [5, 5.41) is 7.23. The van der Waals surface area contributed by atoms with E-state index in [-0.39, 0.29) is 36.9 Å². The molecule has 0 fully saturated rings. The van der Waals surface area contributed by atoms with Crippen LogP contribution in [0.15, 0.2) is 18.2 Å². The highest BCUT2D eigenvalue weighted by Gasteiger charge is 2.22. The number of benzene rings is 1. The monoisotopic (exact) mass is 336 g/mol. The van der Waals surface area contributed by atoms with Crippen LogP contribution in [0.25, 0.3) is 0 Å². The van der Waals surface area contributed by atoms with Gasteiger partial charge in [-0.3, -0.25) is 9.59 Å². The van der Waals surface area contributed by atoms with E-state index in [0.29, 0.717) is 19.0 Å². The van der Waals surface area contributed by atoms with E-state index in [9.17, 15) is 9.59 Å². The first-order valence-electron chi connectivity index (χ1n) is 8.22. The normalized spacial score (nSPS) is 14.2.